The highest BCUT2D eigenvalue weighted by molar-refractivity contribution is 5.97. The summed E-state index contributed by atoms with van der Waals surface area (Å²) in [6.07, 6.45) is 13.9. The standard InChI is InChI=1S/C28H43N5O4/c1-5-33(22(18-34)19-11-9-10-12-19)27(37)24(28(2,3)4)32-26(36)23(20-13-7-6-8-14-20)31-25(35)21-17-29-15-16-30-21/h15-20,22-24H,5-14H2,1-4H3,(H,31,35)(H,32,36)/t22-,23+,24?/m1/s1. The SMILES string of the molecule is CCN(C(=O)C(NC(=O)[C@@H](NC(=O)c1cnccn1)C1CCCCC1)C(C)(C)C)[C@H](C=O)C1CCCC1. The van der Waals surface area contributed by atoms with E-state index < -0.39 is 29.4 Å². The Labute approximate surface area is 220 Å². The van der Waals surface area contributed by atoms with Crippen molar-refractivity contribution in [1.82, 2.24) is 25.5 Å². The summed E-state index contributed by atoms with van der Waals surface area (Å²) in [4.78, 5) is 62.4. The first-order valence-electron chi connectivity index (χ1n) is 13.8. The summed E-state index contributed by atoms with van der Waals surface area (Å²) in [5.74, 6) is -0.977. The highest BCUT2D eigenvalue weighted by Gasteiger charge is 2.42. The number of aldehydes is 1. The molecule has 2 N–H and O–H groups in total. The number of nitrogens with one attached hydrogen (secondary N) is 2. The first-order chi connectivity index (χ1) is 17.7. The molecule has 0 spiro atoms. The predicted molar refractivity (Wildman–Crippen MR) is 140 cm³/mol. The second-order valence-electron chi connectivity index (χ2n) is 11.5. The van der Waals surface area contributed by atoms with Gasteiger partial charge in [0.1, 0.15) is 24.1 Å². The van der Waals surface area contributed by atoms with Gasteiger partial charge in [-0.3, -0.25) is 19.4 Å². The second kappa shape index (κ2) is 13.1. The van der Waals surface area contributed by atoms with Gasteiger partial charge in [0.25, 0.3) is 5.91 Å². The summed E-state index contributed by atoms with van der Waals surface area (Å²) in [7, 11) is 0. The van der Waals surface area contributed by atoms with Gasteiger partial charge in [-0.2, -0.15) is 0 Å². The van der Waals surface area contributed by atoms with Gasteiger partial charge in [0.05, 0.1) is 12.2 Å². The summed E-state index contributed by atoms with van der Waals surface area (Å²) in [5.41, 5.74) is -0.461. The van der Waals surface area contributed by atoms with Crippen LogP contribution in [0.4, 0.5) is 0 Å². The number of hydrogen-bond acceptors (Lipinski definition) is 6. The molecule has 1 heterocycles. The van der Waals surface area contributed by atoms with Crippen LogP contribution >= 0.6 is 0 Å². The molecular formula is C28H43N5O4. The Hall–Kier alpha value is -2.84. The first-order valence-corrected chi connectivity index (χ1v) is 13.8. The Bertz CT molecular complexity index is 920. The van der Waals surface area contributed by atoms with E-state index in [1.54, 1.807) is 4.90 Å². The Kier molecular flexibility index (Phi) is 10.2. The van der Waals surface area contributed by atoms with E-state index in [9.17, 15) is 19.2 Å². The molecule has 3 rings (SSSR count). The van der Waals surface area contributed by atoms with Gasteiger partial charge in [0.15, 0.2) is 0 Å². The van der Waals surface area contributed by atoms with E-state index in [2.05, 4.69) is 20.6 Å². The monoisotopic (exact) mass is 513 g/mol. The first kappa shape index (κ1) is 28.7. The smallest absolute Gasteiger partial charge is 0.272 e. The zero-order chi connectivity index (χ0) is 27.0. The van der Waals surface area contributed by atoms with Crippen LogP contribution in [0.5, 0.6) is 0 Å². The van der Waals surface area contributed by atoms with Crippen LogP contribution in [0.3, 0.4) is 0 Å². The molecule has 2 fully saturated rings. The molecule has 3 atom stereocenters. The van der Waals surface area contributed by atoms with Gasteiger partial charge < -0.3 is 20.3 Å². The number of nitrogens with zero attached hydrogens (tertiary/aromatic N) is 3. The lowest BCUT2D eigenvalue weighted by Crippen LogP contribution is -2.61. The molecule has 0 aromatic carbocycles. The lowest BCUT2D eigenvalue weighted by Gasteiger charge is -2.39. The highest BCUT2D eigenvalue weighted by atomic mass is 16.2. The summed E-state index contributed by atoms with van der Waals surface area (Å²) in [5, 5.41) is 5.88. The number of hydrogen-bond donors (Lipinski definition) is 2. The molecule has 9 nitrogen and oxygen atoms in total. The van der Waals surface area contributed by atoms with Crippen molar-refractivity contribution >= 4 is 24.0 Å². The Balaban J connectivity index is 1.83. The molecular weight excluding hydrogens is 470 g/mol. The van der Waals surface area contributed by atoms with E-state index in [1.165, 1.54) is 18.6 Å². The number of aromatic nitrogens is 2. The minimum atomic E-state index is -0.844. The van der Waals surface area contributed by atoms with Gasteiger partial charge in [-0.15, -0.1) is 0 Å². The number of likely N-dealkylation sites (N-methyl/N-ethyl adjacent to an activating group) is 1. The Morgan fingerprint density at radius 1 is 1.00 bits per heavy atom. The average molecular weight is 514 g/mol. The van der Waals surface area contributed by atoms with E-state index in [0.29, 0.717) is 6.54 Å². The van der Waals surface area contributed by atoms with Gasteiger partial charge in [-0.05, 0) is 49.9 Å². The fraction of sp³-hybridized carbons (Fsp3) is 0.714. The van der Waals surface area contributed by atoms with Gasteiger partial charge >= 0.3 is 0 Å². The highest BCUT2D eigenvalue weighted by Crippen LogP contribution is 2.32. The van der Waals surface area contributed by atoms with Crippen LogP contribution in [0.2, 0.25) is 0 Å². The van der Waals surface area contributed by atoms with Crippen molar-refractivity contribution < 1.29 is 19.2 Å². The zero-order valence-corrected chi connectivity index (χ0v) is 22.7. The molecule has 37 heavy (non-hydrogen) atoms. The quantitative estimate of drug-likeness (QED) is 0.463. The van der Waals surface area contributed by atoms with Crippen molar-refractivity contribution in [2.24, 2.45) is 17.3 Å². The van der Waals surface area contributed by atoms with Crippen LogP contribution in [-0.4, -0.2) is 63.5 Å². The second-order valence-corrected chi connectivity index (χ2v) is 11.5. The fourth-order valence-corrected chi connectivity index (χ4v) is 5.79. The minimum absolute atomic E-state index is 0.0337. The lowest BCUT2D eigenvalue weighted by atomic mass is 9.82. The molecule has 9 heteroatoms. The summed E-state index contributed by atoms with van der Waals surface area (Å²) in [6, 6.07) is -2.13. The largest absolute Gasteiger partial charge is 0.342 e. The minimum Gasteiger partial charge on any atom is -0.342 e. The van der Waals surface area contributed by atoms with Gasteiger partial charge in [-0.1, -0.05) is 52.9 Å². The molecule has 2 saturated carbocycles. The normalized spacial score (nSPS) is 19.5. The maximum Gasteiger partial charge on any atom is 0.272 e. The third-order valence-corrected chi connectivity index (χ3v) is 7.89. The topological polar surface area (TPSA) is 121 Å². The molecule has 2 aliphatic rings. The van der Waals surface area contributed by atoms with Crippen LogP contribution in [0, 0.1) is 17.3 Å². The van der Waals surface area contributed by atoms with Crippen LogP contribution in [0.1, 0.15) is 96.0 Å². The van der Waals surface area contributed by atoms with E-state index >= 15 is 0 Å². The number of amides is 3. The van der Waals surface area contributed by atoms with Crippen LogP contribution in [0.25, 0.3) is 0 Å². The van der Waals surface area contributed by atoms with Crippen molar-refractivity contribution in [2.45, 2.75) is 104 Å². The van der Waals surface area contributed by atoms with Crippen LogP contribution in [0.15, 0.2) is 18.6 Å². The lowest BCUT2D eigenvalue weighted by molar-refractivity contribution is -0.144. The zero-order valence-electron chi connectivity index (χ0n) is 22.7. The molecule has 204 valence electrons. The predicted octanol–water partition coefficient (Wildman–Crippen LogP) is 3.29. The summed E-state index contributed by atoms with van der Waals surface area (Å²) in [6.45, 7) is 7.97. The molecule has 1 aromatic rings. The molecule has 0 aliphatic heterocycles. The van der Waals surface area contributed by atoms with E-state index in [-0.39, 0.29) is 29.3 Å². The molecule has 0 bridgehead atoms. The van der Waals surface area contributed by atoms with Crippen LogP contribution < -0.4 is 10.6 Å². The van der Waals surface area contributed by atoms with Gasteiger partial charge in [0, 0.05) is 18.9 Å². The number of carbonyl (C=O) groups excluding carboxylic acids is 4. The van der Waals surface area contributed by atoms with Crippen molar-refractivity contribution in [2.75, 3.05) is 6.54 Å². The van der Waals surface area contributed by atoms with E-state index in [4.69, 9.17) is 0 Å². The van der Waals surface area contributed by atoms with Crippen molar-refractivity contribution in [3.8, 4) is 0 Å². The average Bonchev–Trinajstić information content (AvgIpc) is 3.43. The van der Waals surface area contributed by atoms with Gasteiger partial charge in [0.2, 0.25) is 11.8 Å². The fourth-order valence-electron chi connectivity index (χ4n) is 5.79. The van der Waals surface area contributed by atoms with Crippen molar-refractivity contribution in [3.63, 3.8) is 0 Å². The number of rotatable bonds is 10. The third kappa shape index (κ3) is 7.36. The van der Waals surface area contributed by atoms with Crippen molar-refractivity contribution in [1.29, 1.82) is 0 Å². The Morgan fingerprint density at radius 2 is 1.62 bits per heavy atom. The van der Waals surface area contributed by atoms with Crippen molar-refractivity contribution in [3.05, 3.63) is 24.3 Å². The molecule has 0 saturated heterocycles. The maximum absolute atomic E-state index is 13.9. The van der Waals surface area contributed by atoms with Crippen LogP contribution in [-0.2, 0) is 14.4 Å². The van der Waals surface area contributed by atoms with E-state index in [0.717, 1.165) is 64.1 Å². The van der Waals surface area contributed by atoms with E-state index in [1.807, 2.05) is 27.7 Å². The van der Waals surface area contributed by atoms with Gasteiger partial charge in [-0.25, -0.2) is 4.98 Å². The molecule has 0 radical (unpaired) electrons. The molecule has 3 amide bonds. The molecule has 1 unspecified atom stereocenters. The summed E-state index contributed by atoms with van der Waals surface area (Å²) < 4.78 is 0. The molecule has 1 aromatic heterocycles. The molecule has 2 aliphatic carbocycles. The number of carbonyl (C=O) groups is 4. The Morgan fingerprint density at radius 3 is 2.16 bits per heavy atom. The third-order valence-electron chi connectivity index (χ3n) is 7.89. The maximum atomic E-state index is 13.9. The summed E-state index contributed by atoms with van der Waals surface area (Å²) >= 11 is 0.